The maximum absolute atomic E-state index is 12.6. The molecule has 0 spiro atoms. The summed E-state index contributed by atoms with van der Waals surface area (Å²) in [4.78, 5) is 29.9. The first-order chi connectivity index (χ1) is 17.9. The SMILES string of the molecule is CCc1nn2c(=O)cc(COc3ccc(C=C(C#N)C(=O)Nc4ccc(OC)cc4)cc3OC)nc2s1. The fraction of sp³-hybridized carbons (Fsp3) is 0.192. The highest BCUT2D eigenvalue weighted by Crippen LogP contribution is 2.30. The molecule has 10 nitrogen and oxygen atoms in total. The molecule has 2 aromatic heterocycles. The highest BCUT2D eigenvalue weighted by Gasteiger charge is 2.13. The zero-order valence-electron chi connectivity index (χ0n) is 20.3. The standard InChI is InChI=1S/C26H23N5O5S/c1-4-23-30-31-24(32)13-19(29-26(31)37-23)15-36-21-10-5-16(12-22(21)35-3)11-17(14-27)25(33)28-18-6-8-20(34-2)9-7-18/h5-13H,4,15H2,1-3H3,(H,28,33). The molecule has 0 unspecified atom stereocenters. The third kappa shape index (κ3) is 5.94. The summed E-state index contributed by atoms with van der Waals surface area (Å²) in [6, 6.07) is 15.1. The van der Waals surface area contributed by atoms with Crippen molar-refractivity contribution >= 4 is 34.0 Å². The molecule has 4 rings (SSSR count). The molecule has 0 saturated heterocycles. The first-order valence-electron chi connectivity index (χ1n) is 11.2. The summed E-state index contributed by atoms with van der Waals surface area (Å²) in [7, 11) is 3.04. The Kier molecular flexibility index (Phi) is 7.80. The Morgan fingerprint density at radius 3 is 2.59 bits per heavy atom. The monoisotopic (exact) mass is 517 g/mol. The molecule has 1 amide bonds. The number of rotatable bonds is 9. The number of aryl methyl sites for hydroxylation is 1. The lowest BCUT2D eigenvalue weighted by Crippen LogP contribution is -2.16. The minimum absolute atomic E-state index is 0.0460. The molecule has 0 aliphatic heterocycles. The molecule has 0 atom stereocenters. The Bertz CT molecular complexity index is 1570. The van der Waals surface area contributed by atoms with Crippen LogP contribution in [0.2, 0.25) is 0 Å². The average Bonchev–Trinajstić information content (AvgIpc) is 3.35. The van der Waals surface area contributed by atoms with Gasteiger partial charge in [-0.2, -0.15) is 14.9 Å². The molecule has 0 saturated carbocycles. The highest BCUT2D eigenvalue weighted by atomic mass is 32.1. The first-order valence-corrected chi connectivity index (χ1v) is 12.0. The van der Waals surface area contributed by atoms with Crippen molar-refractivity contribution in [1.82, 2.24) is 14.6 Å². The van der Waals surface area contributed by atoms with Gasteiger partial charge in [0.05, 0.1) is 19.9 Å². The van der Waals surface area contributed by atoms with E-state index >= 15 is 0 Å². The molecule has 2 aromatic carbocycles. The van der Waals surface area contributed by atoms with Crippen LogP contribution in [0.3, 0.4) is 0 Å². The number of carbonyl (C=O) groups excluding carboxylic acids is 1. The van der Waals surface area contributed by atoms with Gasteiger partial charge in [-0.05, 0) is 54.5 Å². The zero-order chi connectivity index (χ0) is 26.4. The lowest BCUT2D eigenvalue weighted by Gasteiger charge is -2.11. The topological polar surface area (TPSA) is 128 Å². The number of methoxy groups -OCH3 is 2. The number of nitrogens with one attached hydrogen (secondary N) is 1. The molecule has 1 N–H and O–H groups in total. The highest BCUT2D eigenvalue weighted by molar-refractivity contribution is 7.16. The van der Waals surface area contributed by atoms with Gasteiger partial charge >= 0.3 is 0 Å². The Balaban J connectivity index is 1.49. The number of ether oxygens (including phenoxy) is 3. The number of fused-ring (bicyclic) bond motifs is 1. The van der Waals surface area contributed by atoms with Crippen molar-refractivity contribution in [3.8, 4) is 23.3 Å². The summed E-state index contributed by atoms with van der Waals surface area (Å²) in [6.07, 6.45) is 2.17. The predicted molar refractivity (Wildman–Crippen MR) is 139 cm³/mol. The van der Waals surface area contributed by atoms with Crippen molar-refractivity contribution in [2.24, 2.45) is 0 Å². The van der Waals surface area contributed by atoms with Crippen LogP contribution in [-0.2, 0) is 17.8 Å². The summed E-state index contributed by atoms with van der Waals surface area (Å²) < 4.78 is 17.7. The summed E-state index contributed by atoms with van der Waals surface area (Å²) in [6.45, 7) is 2.01. The second-order valence-corrected chi connectivity index (χ2v) is 8.72. The van der Waals surface area contributed by atoms with Crippen LogP contribution in [0.1, 0.15) is 23.2 Å². The van der Waals surface area contributed by atoms with Crippen LogP contribution < -0.4 is 25.1 Å². The third-order valence-corrected chi connectivity index (χ3v) is 6.28. The molecule has 37 heavy (non-hydrogen) atoms. The lowest BCUT2D eigenvalue weighted by molar-refractivity contribution is -0.112. The summed E-state index contributed by atoms with van der Waals surface area (Å²) in [5.74, 6) is 0.919. The number of hydrogen-bond acceptors (Lipinski definition) is 9. The van der Waals surface area contributed by atoms with Crippen molar-refractivity contribution in [2.75, 3.05) is 19.5 Å². The number of carbonyl (C=O) groups is 1. The molecule has 0 radical (unpaired) electrons. The quantitative estimate of drug-likeness (QED) is 0.262. The van der Waals surface area contributed by atoms with Gasteiger partial charge in [0.1, 0.15) is 29.0 Å². The van der Waals surface area contributed by atoms with E-state index in [0.29, 0.717) is 45.6 Å². The molecule has 0 fully saturated rings. The van der Waals surface area contributed by atoms with Crippen LogP contribution in [0.15, 0.2) is 58.9 Å². The molecular formula is C26H23N5O5S. The minimum atomic E-state index is -0.547. The van der Waals surface area contributed by atoms with E-state index in [0.717, 1.165) is 5.01 Å². The zero-order valence-corrected chi connectivity index (χ0v) is 21.2. The molecule has 2 heterocycles. The molecule has 11 heteroatoms. The third-order valence-electron chi connectivity index (χ3n) is 5.23. The van der Waals surface area contributed by atoms with Gasteiger partial charge in [0.2, 0.25) is 4.96 Å². The van der Waals surface area contributed by atoms with Gasteiger partial charge in [-0.3, -0.25) is 9.59 Å². The van der Waals surface area contributed by atoms with Gasteiger partial charge in [-0.1, -0.05) is 24.3 Å². The van der Waals surface area contributed by atoms with E-state index in [9.17, 15) is 14.9 Å². The van der Waals surface area contributed by atoms with Crippen molar-refractivity contribution < 1.29 is 19.0 Å². The number of amides is 1. The number of hydrogen-bond donors (Lipinski definition) is 1. The van der Waals surface area contributed by atoms with Crippen molar-refractivity contribution in [3.63, 3.8) is 0 Å². The fourth-order valence-electron chi connectivity index (χ4n) is 3.35. The second kappa shape index (κ2) is 11.4. The van der Waals surface area contributed by atoms with E-state index in [1.165, 1.54) is 35.1 Å². The molecule has 4 aromatic rings. The summed E-state index contributed by atoms with van der Waals surface area (Å²) in [5, 5.41) is 17.3. The number of nitriles is 1. The van der Waals surface area contributed by atoms with E-state index in [-0.39, 0.29) is 17.7 Å². The largest absolute Gasteiger partial charge is 0.497 e. The first kappa shape index (κ1) is 25.4. The number of anilines is 1. The molecule has 0 aliphatic carbocycles. The van der Waals surface area contributed by atoms with Crippen LogP contribution in [0.25, 0.3) is 11.0 Å². The van der Waals surface area contributed by atoms with E-state index in [2.05, 4.69) is 15.4 Å². The number of nitrogens with zero attached hydrogens (tertiary/aromatic N) is 4. The average molecular weight is 518 g/mol. The van der Waals surface area contributed by atoms with Crippen molar-refractivity contribution in [1.29, 1.82) is 5.26 Å². The maximum atomic E-state index is 12.6. The van der Waals surface area contributed by atoms with Crippen LogP contribution in [-0.4, -0.2) is 34.7 Å². The van der Waals surface area contributed by atoms with Crippen molar-refractivity contribution in [3.05, 3.63) is 80.7 Å². The van der Waals surface area contributed by atoms with Gasteiger partial charge < -0.3 is 19.5 Å². The fourth-order valence-corrected chi connectivity index (χ4v) is 4.20. The number of benzene rings is 2. The number of aromatic nitrogens is 3. The summed E-state index contributed by atoms with van der Waals surface area (Å²) in [5.41, 5.74) is 1.21. The van der Waals surface area contributed by atoms with E-state index < -0.39 is 5.91 Å². The minimum Gasteiger partial charge on any atom is -0.497 e. The van der Waals surface area contributed by atoms with E-state index in [4.69, 9.17) is 14.2 Å². The van der Waals surface area contributed by atoms with Gasteiger partial charge in [-0.15, -0.1) is 0 Å². The molecule has 188 valence electrons. The van der Waals surface area contributed by atoms with Crippen LogP contribution in [0.4, 0.5) is 5.69 Å². The van der Waals surface area contributed by atoms with Crippen molar-refractivity contribution in [2.45, 2.75) is 20.0 Å². The Hall–Kier alpha value is -4.69. The smallest absolute Gasteiger partial charge is 0.275 e. The Morgan fingerprint density at radius 2 is 1.92 bits per heavy atom. The Labute approximate surface area is 216 Å². The van der Waals surface area contributed by atoms with E-state index in [1.807, 2.05) is 13.0 Å². The Morgan fingerprint density at radius 1 is 1.14 bits per heavy atom. The maximum Gasteiger partial charge on any atom is 0.275 e. The summed E-state index contributed by atoms with van der Waals surface area (Å²) >= 11 is 1.36. The van der Waals surface area contributed by atoms with Crippen LogP contribution >= 0.6 is 11.3 Å². The van der Waals surface area contributed by atoms with Gasteiger partial charge in [0.15, 0.2) is 11.5 Å². The molecule has 0 bridgehead atoms. The molecule has 0 aliphatic rings. The molecular weight excluding hydrogens is 494 g/mol. The normalized spacial score (nSPS) is 11.1. The lowest BCUT2D eigenvalue weighted by atomic mass is 10.1. The second-order valence-electron chi connectivity index (χ2n) is 7.68. The van der Waals surface area contributed by atoms with Gasteiger partial charge in [0.25, 0.3) is 11.5 Å². The van der Waals surface area contributed by atoms with Gasteiger partial charge in [0, 0.05) is 11.8 Å². The van der Waals surface area contributed by atoms with Crippen LogP contribution in [0, 0.1) is 11.3 Å². The predicted octanol–water partition coefficient (Wildman–Crippen LogP) is 3.86. The van der Waals surface area contributed by atoms with Crippen LogP contribution in [0.5, 0.6) is 17.2 Å². The van der Waals surface area contributed by atoms with E-state index in [1.54, 1.807) is 49.6 Å². The van der Waals surface area contributed by atoms with Gasteiger partial charge in [-0.25, -0.2) is 4.98 Å².